The number of aromatic nitrogens is 4. The summed E-state index contributed by atoms with van der Waals surface area (Å²) >= 11 is 0. The van der Waals surface area contributed by atoms with E-state index in [9.17, 15) is 19.0 Å². The summed E-state index contributed by atoms with van der Waals surface area (Å²) in [6, 6.07) is 9.28. The first-order valence-electron chi connectivity index (χ1n) is 12.2. The van der Waals surface area contributed by atoms with Gasteiger partial charge in [-0.2, -0.15) is 0 Å². The lowest BCUT2D eigenvalue weighted by molar-refractivity contribution is -0.347. The fourth-order valence-electron chi connectivity index (χ4n) is 6.10. The van der Waals surface area contributed by atoms with Crippen LogP contribution in [0.2, 0.25) is 0 Å². The number of ether oxygens (including phenoxy) is 1. The first kappa shape index (κ1) is 26.5. The molecular formula is C26H29F4N5O3. The molecule has 3 fully saturated rings. The Morgan fingerprint density at radius 2 is 1.79 bits per heavy atom. The van der Waals surface area contributed by atoms with Crippen LogP contribution < -0.4 is 4.74 Å². The Balaban J connectivity index is 1.33. The van der Waals surface area contributed by atoms with Gasteiger partial charge < -0.3 is 19.8 Å². The first-order chi connectivity index (χ1) is 17.9. The number of benzene rings is 2. The van der Waals surface area contributed by atoms with Crippen LogP contribution >= 0.6 is 0 Å². The molecule has 0 spiro atoms. The Bertz CT molecular complexity index is 1270. The summed E-state index contributed by atoms with van der Waals surface area (Å²) in [6.45, 7) is -0.229. The predicted molar refractivity (Wildman–Crippen MR) is 127 cm³/mol. The number of tetrazole rings is 1. The van der Waals surface area contributed by atoms with Crippen molar-refractivity contribution >= 4 is 0 Å². The fraction of sp³-hybridized carbons (Fsp3) is 0.500. The lowest BCUT2D eigenvalue weighted by atomic mass is 9.30. The van der Waals surface area contributed by atoms with Gasteiger partial charge in [0.1, 0.15) is 36.4 Å². The molecule has 0 aliphatic heterocycles. The standard InChI is InChI=1S/C26H29F4N5O3/c1-34(2)10-19(36)11-38-20-6-3-17(4-7-20)23-12-24(13-23,14-23)26(29,30)25(37,15-35-16-31-32-33-35)21-8-5-18(27)9-22(21)28/h3-9,16,19,36-37H,10-15H2,1-2H3/t19-,23?,24?,25-/m1/s1. The monoisotopic (exact) mass is 535 g/mol. The Kier molecular flexibility index (Phi) is 6.48. The van der Waals surface area contributed by atoms with Gasteiger partial charge in [0.2, 0.25) is 0 Å². The van der Waals surface area contributed by atoms with E-state index in [0.29, 0.717) is 18.4 Å². The molecule has 3 aliphatic rings. The van der Waals surface area contributed by atoms with Gasteiger partial charge in [-0.3, -0.25) is 0 Å². The zero-order valence-corrected chi connectivity index (χ0v) is 21.0. The molecule has 2 aromatic carbocycles. The number of nitrogens with zero attached hydrogens (tertiary/aromatic N) is 5. The van der Waals surface area contributed by atoms with Crippen molar-refractivity contribution in [3.63, 3.8) is 0 Å². The number of aliphatic hydroxyl groups excluding tert-OH is 1. The van der Waals surface area contributed by atoms with Crippen molar-refractivity contribution in [2.24, 2.45) is 5.41 Å². The van der Waals surface area contributed by atoms with E-state index in [4.69, 9.17) is 4.74 Å². The quantitative estimate of drug-likeness (QED) is 0.365. The summed E-state index contributed by atoms with van der Waals surface area (Å²) in [4.78, 5) is 1.85. The van der Waals surface area contributed by atoms with Crippen LogP contribution in [0.3, 0.4) is 0 Å². The van der Waals surface area contributed by atoms with Gasteiger partial charge in [-0.1, -0.05) is 12.1 Å². The Morgan fingerprint density at radius 1 is 1.11 bits per heavy atom. The third kappa shape index (κ3) is 4.24. The number of aliphatic hydroxyl groups is 2. The smallest absolute Gasteiger partial charge is 0.287 e. The highest BCUT2D eigenvalue weighted by molar-refractivity contribution is 5.44. The molecule has 0 saturated heterocycles. The van der Waals surface area contributed by atoms with Crippen molar-refractivity contribution in [1.82, 2.24) is 25.1 Å². The van der Waals surface area contributed by atoms with Crippen LogP contribution in [0.4, 0.5) is 17.6 Å². The van der Waals surface area contributed by atoms with Gasteiger partial charge in [-0.15, -0.1) is 5.10 Å². The lowest BCUT2D eigenvalue weighted by Crippen LogP contribution is -2.76. The van der Waals surface area contributed by atoms with Gasteiger partial charge in [0.15, 0.2) is 5.60 Å². The minimum atomic E-state index is -3.78. The Labute approximate surface area is 216 Å². The third-order valence-electron chi connectivity index (χ3n) is 7.86. The first-order valence-corrected chi connectivity index (χ1v) is 12.2. The Morgan fingerprint density at radius 3 is 2.37 bits per heavy atom. The molecule has 0 unspecified atom stereocenters. The zero-order valence-electron chi connectivity index (χ0n) is 21.0. The van der Waals surface area contributed by atoms with Crippen molar-refractivity contribution in [1.29, 1.82) is 0 Å². The van der Waals surface area contributed by atoms with E-state index in [1.54, 1.807) is 12.1 Å². The zero-order chi connectivity index (χ0) is 27.3. The molecule has 204 valence electrons. The van der Waals surface area contributed by atoms with E-state index in [1.807, 2.05) is 31.1 Å². The SMILES string of the molecule is CN(C)C[C@@H](O)COc1ccc(C23CC(C(F)(F)[C@@](O)(Cn4cnnn4)c4ccc(F)cc4F)(C2)C3)cc1. The normalized spacial score (nSPS) is 24.9. The molecular weight excluding hydrogens is 506 g/mol. The number of hydrogen-bond acceptors (Lipinski definition) is 7. The highest BCUT2D eigenvalue weighted by atomic mass is 19.3. The second-order valence-corrected chi connectivity index (χ2v) is 10.9. The molecule has 3 saturated carbocycles. The van der Waals surface area contributed by atoms with Crippen LogP contribution in [0.5, 0.6) is 5.75 Å². The van der Waals surface area contributed by atoms with E-state index in [-0.39, 0.29) is 25.9 Å². The molecule has 6 rings (SSSR count). The summed E-state index contributed by atoms with van der Waals surface area (Å²) in [5, 5.41) is 31.8. The molecule has 0 amide bonds. The van der Waals surface area contributed by atoms with Crippen LogP contribution in [-0.2, 0) is 17.6 Å². The minimum absolute atomic E-state index is 0.0927. The van der Waals surface area contributed by atoms with Gasteiger partial charge in [0, 0.05) is 23.6 Å². The minimum Gasteiger partial charge on any atom is -0.491 e. The second kappa shape index (κ2) is 9.28. The second-order valence-electron chi connectivity index (χ2n) is 10.9. The average Bonchev–Trinajstić information content (AvgIpc) is 3.28. The summed E-state index contributed by atoms with van der Waals surface area (Å²) in [6.07, 6.45) is 0.678. The van der Waals surface area contributed by atoms with E-state index in [0.717, 1.165) is 28.7 Å². The van der Waals surface area contributed by atoms with Crippen LogP contribution in [0.25, 0.3) is 0 Å². The predicted octanol–water partition coefficient (Wildman–Crippen LogP) is 2.90. The lowest BCUT2D eigenvalue weighted by Gasteiger charge is -2.74. The number of rotatable bonds is 11. The summed E-state index contributed by atoms with van der Waals surface area (Å²) in [7, 11) is 3.70. The molecule has 1 aromatic heterocycles. The molecule has 2 atom stereocenters. The molecule has 38 heavy (non-hydrogen) atoms. The van der Waals surface area contributed by atoms with Crippen LogP contribution in [0, 0.1) is 17.0 Å². The van der Waals surface area contributed by atoms with Crippen LogP contribution in [-0.4, -0.2) is 74.6 Å². The highest BCUT2D eigenvalue weighted by Gasteiger charge is 2.82. The maximum Gasteiger partial charge on any atom is 0.287 e. The van der Waals surface area contributed by atoms with Gasteiger partial charge in [-0.25, -0.2) is 22.2 Å². The number of hydrogen-bond donors (Lipinski definition) is 2. The largest absolute Gasteiger partial charge is 0.491 e. The molecule has 3 aromatic rings. The summed E-state index contributed by atoms with van der Waals surface area (Å²) in [5.41, 5.74) is -4.91. The van der Waals surface area contributed by atoms with Crippen molar-refractivity contribution in [2.45, 2.75) is 48.8 Å². The van der Waals surface area contributed by atoms with Crippen molar-refractivity contribution in [3.8, 4) is 5.75 Å². The summed E-state index contributed by atoms with van der Waals surface area (Å²) < 4.78 is 67.4. The van der Waals surface area contributed by atoms with Crippen LogP contribution in [0.15, 0.2) is 48.8 Å². The van der Waals surface area contributed by atoms with Gasteiger partial charge in [-0.05, 0) is 79.0 Å². The number of likely N-dealkylation sites (N-methyl/N-ethyl adjacent to an activating group) is 1. The van der Waals surface area contributed by atoms with Crippen molar-refractivity contribution in [3.05, 3.63) is 71.6 Å². The number of halogens is 4. The third-order valence-corrected chi connectivity index (χ3v) is 7.86. The number of alkyl halides is 2. The van der Waals surface area contributed by atoms with Gasteiger partial charge in [0.05, 0.1) is 6.54 Å². The summed E-state index contributed by atoms with van der Waals surface area (Å²) in [5.74, 6) is -5.44. The van der Waals surface area contributed by atoms with Crippen LogP contribution in [0.1, 0.15) is 30.4 Å². The molecule has 3 aliphatic carbocycles. The molecule has 2 N–H and O–H groups in total. The van der Waals surface area contributed by atoms with E-state index in [2.05, 4.69) is 15.5 Å². The van der Waals surface area contributed by atoms with Gasteiger partial charge in [0.25, 0.3) is 5.92 Å². The maximum absolute atomic E-state index is 16.3. The van der Waals surface area contributed by atoms with E-state index < -0.39 is 52.2 Å². The molecule has 0 radical (unpaired) electrons. The maximum atomic E-state index is 16.3. The topological polar surface area (TPSA) is 96.5 Å². The van der Waals surface area contributed by atoms with E-state index >= 15 is 8.78 Å². The molecule has 1 heterocycles. The highest BCUT2D eigenvalue weighted by Crippen LogP contribution is 2.80. The van der Waals surface area contributed by atoms with Crippen molar-refractivity contribution in [2.75, 3.05) is 27.2 Å². The fourth-order valence-corrected chi connectivity index (χ4v) is 6.10. The molecule has 2 bridgehead atoms. The Hall–Kier alpha value is -3.09. The molecule has 12 heteroatoms. The molecule has 8 nitrogen and oxygen atoms in total. The van der Waals surface area contributed by atoms with Gasteiger partial charge >= 0.3 is 0 Å². The van der Waals surface area contributed by atoms with Crippen molar-refractivity contribution < 1.29 is 32.5 Å². The van der Waals surface area contributed by atoms with E-state index in [1.165, 1.54) is 0 Å². The average molecular weight is 536 g/mol.